The summed E-state index contributed by atoms with van der Waals surface area (Å²) in [5, 5.41) is 20.3. The standard InChI is InChI=1S/C33H55N4O12P/c1-4-16-45-20-22-47-18-13-35-30(40)7-10-33(9-6-29(39)34-12-15-38,11-8-31(41)36-14-19-48-23-21-46-17-5-2)37-32(42)26-27-24-28(25-27)49-50(3,43)44/h1-2,27-28,38H,6-26H2,3H3,(H,34,39)(H,35,40)(H,36,41)(H,37,42)(H,43,44). The van der Waals surface area contributed by atoms with Crippen LogP contribution in [-0.4, -0.2) is 131 Å². The summed E-state index contributed by atoms with van der Waals surface area (Å²) in [4.78, 5) is 61.1. The van der Waals surface area contributed by atoms with Crippen LogP contribution in [0.2, 0.25) is 0 Å². The molecule has 0 aliphatic heterocycles. The smallest absolute Gasteiger partial charge is 0.325 e. The van der Waals surface area contributed by atoms with Gasteiger partial charge in [0.15, 0.2) is 0 Å². The number of hydrogen-bond acceptors (Lipinski definition) is 11. The Hall–Kier alpha value is -3.05. The van der Waals surface area contributed by atoms with Gasteiger partial charge in [0.05, 0.1) is 52.4 Å². The highest BCUT2D eigenvalue weighted by Gasteiger charge is 2.38. The van der Waals surface area contributed by atoms with Gasteiger partial charge in [0, 0.05) is 57.5 Å². The zero-order valence-corrected chi connectivity index (χ0v) is 30.0. The predicted molar refractivity (Wildman–Crippen MR) is 184 cm³/mol. The minimum absolute atomic E-state index is 0.0113. The largest absolute Gasteiger partial charge is 0.395 e. The van der Waals surface area contributed by atoms with Gasteiger partial charge in [-0.05, 0) is 38.0 Å². The number of rotatable bonds is 30. The van der Waals surface area contributed by atoms with Gasteiger partial charge in [-0.3, -0.25) is 23.7 Å². The first kappa shape index (κ1) is 45.0. The van der Waals surface area contributed by atoms with Crippen LogP contribution < -0.4 is 21.3 Å². The first-order valence-electron chi connectivity index (χ1n) is 16.8. The molecule has 0 aromatic carbocycles. The molecule has 0 spiro atoms. The van der Waals surface area contributed by atoms with E-state index in [9.17, 15) is 28.6 Å². The fourth-order valence-corrected chi connectivity index (χ4v) is 5.85. The third-order valence-corrected chi connectivity index (χ3v) is 8.28. The maximum atomic E-state index is 13.4. The SMILES string of the molecule is C#CCOCCOCCNC(=O)CCC(CCC(=O)NCCO)(CCC(=O)NCCOCCOCC#C)NC(=O)CC1CC(OP(C)(=O)O)C1. The lowest BCUT2D eigenvalue weighted by Crippen LogP contribution is -2.51. The molecule has 0 heterocycles. The van der Waals surface area contributed by atoms with E-state index in [1.54, 1.807) is 0 Å². The molecule has 1 fully saturated rings. The zero-order valence-electron chi connectivity index (χ0n) is 29.1. The second kappa shape index (κ2) is 26.7. The molecule has 1 atom stereocenters. The Morgan fingerprint density at radius 3 is 1.60 bits per heavy atom. The average molecular weight is 731 g/mol. The molecule has 6 N–H and O–H groups in total. The molecule has 50 heavy (non-hydrogen) atoms. The summed E-state index contributed by atoms with van der Waals surface area (Å²) in [5.41, 5.74) is -1.11. The number of aliphatic hydroxyl groups is 1. The van der Waals surface area contributed by atoms with Crippen LogP contribution in [0.25, 0.3) is 0 Å². The van der Waals surface area contributed by atoms with E-state index in [2.05, 4.69) is 33.1 Å². The number of nitrogens with one attached hydrogen (secondary N) is 4. The quantitative estimate of drug-likeness (QED) is 0.0323. The Bertz CT molecular complexity index is 1100. The number of carbonyl (C=O) groups is 4. The fourth-order valence-electron chi connectivity index (χ4n) is 5.12. The van der Waals surface area contributed by atoms with Gasteiger partial charge in [0.1, 0.15) is 13.2 Å². The summed E-state index contributed by atoms with van der Waals surface area (Å²) in [6.07, 6.45) is 11.1. The Morgan fingerprint density at radius 1 is 0.740 bits per heavy atom. The highest BCUT2D eigenvalue weighted by atomic mass is 31.2. The van der Waals surface area contributed by atoms with Gasteiger partial charge < -0.3 is 54.7 Å². The molecule has 16 nitrogen and oxygen atoms in total. The van der Waals surface area contributed by atoms with Crippen LogP contribution in [-0.2, 0) is 47.2 Å². The van der Waals surface area contributed by atoms with Crippen LogP contribution in [0.5, 0.6) is 0 Å². The molecule has 1 aliphatic carbocycles. The van der Waals surface area contributed by atoms with Crippen LogP contribution in [0.4, 0.5) is 0 Å². The Labute approximate surface area is 295 Å². The molecule has 1 rings (SSSR count). The summed E-state index contributed by atoms with van der Waals surface area (Å²) in [6, 6.07) is 0. The van der Waals surface area contributed by atoms with Gasteiger partial charge in [-0.2, -0.15) is 0 Å². The molecule has 4 amide bonds. The van der Waals surface area contributed by atoms with Gasteiger partial charge >= 0.3 is 7.60 Å². The van der Waals surface area contributed by atoms with Crippen molar-refractivity contribution >= 4 is 31.2 Å². The number of ether oxygens (including phenoxy) is 4. The van der Waals surface area contributed by atoms with Gasteiger partial charge in [-0.15, -0.1) is 12.8 Å². The van der Waals surface area contributed by atoms with Gasteiger partial charge in [0.25, 0.3) is 0 Å². The second-order valence-electron chi connectivity index (χ2n) is 11.9. The van der Waals surface area contributed by atoms with Crippen molar-refractivity contribution in [1.29, 1.82) is 0 Å². The van der Waals surface area contributed by atoms with Crippen LogP contribution in [0.1, 0.15) is 57.8 Å². The van der Waals surface area contributed by atoms with E-state index < -0.39 is 19.2 Å². The topological polar surface area (TPSA) is 220 Å². The Kier molecular flexibility index (Phi) is 24.0. The number of hydrogen-bond donors (Lipinski definition) is 6. The summed E-state index contributed by atoms with van der Waals surface area (Å²) in [6.45, 7) is 3.53. The lowest BCUT2D eigenvalue weighted by atomic mass is 9.79. The molecule has 0 bridgehead atoms. The van der Waals surface area contributed by atoms with Crippen molar-refractivity contribution in [2.45, 2.75) is 69.4 Å². The van der Waals surface area contributed by atoms with Crippen molar-refractivity contribution in [3.05, 3.63) is 0 Å². The van der Waals surface area contributed by atoms with E-state index in [0.717, 1.165) is 6.66 Å². The normalized spacial score (nSPS) is 16.6. The Balaban J connectivity index is 2.89. The maximum Gasteiger partial charge on any atom is 0.325 e. The molecule has 0 aromatic rings. The van der Waals surface area contributed by atoms with Crippen LogP contribution in [0.15, 0.2) is 0 Å². The Morgan fingerprint density at radius 2 is 1.18 bits per heavy atom. The first-order chi connectivity index (χ1) is 23.9. The van der Waals surface area contributed by atoms with Crippen LogP contribution in [0, 0.1) is 30.6 Å². The summed E-state index contributed by atoms with van der Waals surface area (Å²) in [5.74, 6) is 3.32. The van der Waals surface area contributed by atoms with Crippen LogP contribution in [0.3, 0.4) is 0 Å². The molecule has 0 aromatic heterocycles. The molecule has 0 saturated heterocycles. The molecule has 17 heteroatoms. The third kappa shape index (κ3) is 23.4. The predicted octanol–water partition coefficient (Wildman–Crippen LogP) is -0.144. The van der Waals surface area contributed by atoms with E-state index >= 15 is 0 Å². The number of amides is 4. The lowest BCUT2D eigenvalue weighted by molar-refractivity contribution is -0.128. The van der Waals surface area contributed by atoms with E-state index in [0.29, 0.717) is 39.3 Å². The maximum absolute atomic E-state index is 13.4. The van der Waals surface area contributed by atoms with Gasteiger partial charge in [-0.25, -0.2) is 0 Å². The molecule has 0 radical (unpaired) electrons. The zero-order chi connectivity index (χ0) is 37.1. The molecule has 1 saturated carbocycles. The van der Waals surface area contributed by atoms with Crippen LogP contribution >= 0.6 is 7.60 Å². The summed E-state index contributed by atoms with van der Waals surface area (Å²) >= 11 is 0. The number of carbonyl (C=O) groups excluding carboxylic acids is 4. The van der Waals surface area contributed by atoms with Crippen molar-refractivity contribution in [3.63, 3.8) is 0 Å². The van der Waals surface area contributed by atoms with E-state index in [4.69, 9.17) is 41.4 Å². The van der Waals surface area contributed by atoms with Gasteiger partial charge in [-0.1, -0.05) is 11.8 Å². The third-order valence-electron chi connectivity index (χ3n) is 7.59. The number of aliphatic hydroxyl groups excluding tert-OH is 1. The molecule has 284 valence electrons. The molecule has 1 unspecified atom stereocenters. The van der Waals surface area contributed by atoms with E-state index in [1.165, 1.54) is 0 Å². The van der Waals surface area contributed by atoms with Crippen molar-refractivity contribution in [2.24, 2.45) is 5.92 Å². The molecular weight excluding hydrogens is 675 g/mol. The van der Waals surface area contributed by atoms with E-state index in [-0.39, 0.29) is 127 Å². The molecular formula is C33H55N4O12P. The highest BCUT2D eigenvalue weighted by molar-refractivity contribution is 7.51. The second-order valence-corrected chi connectivity index (χ2v) is 13.7. The van der Waals surface area contributed by atoms with Crippen molar-refractivity contribution < 1.29 is 57.2 Å². The van der Waals surface area contributed by atoms with Gasteiger partial charge in [0.2, 0.25) is 23.6 Å². The lowest BCUT2D eigenvalue weighted by Gasteiger charge is -2.38. The first-order valence-corrected chi connectivity index (χ1v) is 18.8. The number of terminal acetylenes is 2. The minimum atomic E-state index is -3.65. The summed E-state index contributed by atoms with van der Waals surface area (Å²) in [7, 11) is -3.65. The minimum Gasteiger partial charge on any atom is -0.395 e. The average Bonchev–Trinajstić information content (AvgIpc) is 3.05. The van der Waals surface area contributed by atoms with Crippen molar-refractivity contribution in [2.75, 3.05) is 85.8 Å². The summed E-state index contributed by atoms with van der Waals surface area (Å²) < 4.78 is 37.8. The van der Waals surface area contributed by atoms with E-state index in [1.807, 2.05) is 0 Å². The monoisotopic (exact) mass is 730 g/mol. The molecule has 1 aliphatic rings. The fraction of sp³-hybridized carbons (Fsp3) is 0.758. The highest BCUT2D eigenvalue weighted by Crippen LogP contribution is 2.45. The van der Waals surface area contributed by atoms with Crippen molar-refractivity contribution in [1.82, 2.24) is 21.3 Å². The van der Waals surface area contributed by atoms with Crippen molar-refractivity contribution in [3.8, 4) is 24.7 Å².